The van der Waals surface area contributed by atoms with Gasteiger partial charge in [-0.25, -0.2) is 19.9 Å². The summed E-state index contributed by atoms with van der Waals surface area (Å²) in [5, 5.41) is 17.4. The van der Waals surface area contributed by atoms with Crippen LogP contribution in [0.3, 0.4) is 0 Å². The van der Waals surface area contributed by atoms with Crippen LogP contribution in [0.4, 0.5) is 0 Å². The van der Waals surface area contributed by atoms with Crippen LogP contribution in [0.15, 0.2) is 83.6 Å². The Balaban J connectivity index is 0.000000217. The number of carbonyl (C=O) groups excluding carboxylic acids is 5. The van der Waals surface area contributed by atoms with Crippen LogP contribution >= 0.6 is 22.7 Å². The van der Waals surface area contributed by atoms with Gasteiger partial charge in [-0.15, -0.1) is 22.7 Å². The van der Waals surface area contributed by atoms with Crippen molar-refractivity contribution in [3.05, 3.63) is 95.0 Å². The molecule has 2 amide bonds. The van der Waals surface area contributed by atoms with Gasteiger partial charge in [0.25, 0.3) is 0 Å². The second-order valence-electron chi connectivity index (χ2n) is 26.3. The van der Waals surface area contributed by atoms with E-state index in [-0.39, 0.29) is 97.4 Å². The van der Waals surface area contributed by atoms with E-state index in [4.69, 9.17) is 43.6 Å². The normalized spacial score (nSPS) is 25.7. The minimum absolute atomic E-state index is 0. The van der Waals surface area contributed by atoms with Gasteiger partial charge < -0.3 is 44.1 Å². The van der Waals surface area contributed by atoms with E-state index in [0.717, 1.165) is 96.4 Å². The first-order valence-corrected chi connectivity index (χ1v) is 34.8. The number of methoxy groups -OCH3 is 2. The minimum Gasteiger partial charge on any atom is -0.870 e. The molecule has 22 heteroatoms. The third-order valence-corrected chi connectivity index (χ3v) is 21.0. The molecule has 2 saturated heterocycles. The zero-order chi connectivity index (χ0) is 64.8. The maximum absolute atomic E-state index is 14.1. The number of carboxylic acid groups (broad SMARTS) is 1. The molecule has 0 bridgehead atoms. The average Bonchev–Trinajstić information content (AvgIpc) is 1.58. The molecule has 0 spiro atoms. The quantitative estimate of drug-likeness (QED) is 0.0640. The number of rotatable bonds is 13. The number of ether oxygens (including phenoxy) is 5. The first-order valence-electron chi connectivity index (χ1n) is 33.0. The fourth-order valence-electron chi connectivity index (χ4n) is 13.6. The zero-order valence-electron chi connectivity index (χ0n) is 55.4. The van der Waals surface area contributed by atoms with Gasteiger partial charge in [-0.2, -0.15) is 0 Å². The van der Waals surface area contributed by atoms with Gasteiger partial charge in [-0.05, 0) is 106 Å². The number of ketones is 2. The average molecular weight is 1320 g/mol. The number of Topliss-reactive ketones (excluding diaryl/α,β-unsaturated/α-hetero) is 2. The number of hydrogen-bond donors (Lipinski definition) is 1. The van der Waals surface area contributed by atoms with Crippen LogP contribution in [0.1, 0.15) is 173 Å². The molecular weight excluding hydrogens is 1230 g/mol. The summed E-state index contributed by atoms with van der Waals surface area (Å²) in [7, 11) is 3.23. The molecule has 0 radical (unpaired) electrons. The van der Waals surface area contributed by atoms with Crippen molar-refractivity contribution in [3.8, 4) is 44.4 Å². The zero-order valence-corrected chi connectivity index (χ0v) is 57.1. The molecule has 6 aliphatic rings. The van der Waals surface area contributed by atoms with E-state index in [0.29, 0.717) is 96.4 Å². The molecule has 2 aliphatic carbocycles. The van der Waals surface area contributed by atoms with Crippen LogP contribution in [0.5, 0.6) is 23.0 Å². The summed E-state index contributed by atoms with van der Waals surface area (Å²) in [5.74, 6) is 1.33. The van der Waals surface area contributed by atoms with E-state index in [1.54, 1.807) is 42.3 Å². The Bertz CT molecular complexity index is 3790. The second kappa shape index (κ2) is 31.2. The van der Waals surface area contributed by atoms with Gasteiger partial charge in [0, 0.05) is 84.3 Å². The molecule has 496 valence electrons. The Morgan fingerprint density at radius 1 is 0.617 bits per heavy atom. The molecule has 6 aromatic rings. The van der Waals surface area contributed by atoms with E-state index in [9.17, 15) is 33.9 Å². The van der Waals surface area contributed by atoms with Crippen LogP contribution in [0.2, 0.25) is 0 Å². The van der Waals surface area contributed by atoms with Crippen molar-refractivity contribution in [2.24, 2.45) is 22.7 Å². The van der Waals surface area contributed by atoms with E-state index in [2.05, 4.69) is 51.3 Å². The summed E-state index contributed by atoms with van der Waals surface area (Å²) < 4.78 is 29.8. The number of fused-ring (bicyclic) bond motifs is 6. The molecule has 94 heavy (non-hydrogen) atoms. The molecule has 4 aliphatic heterocycles. The van der Waals surface area contributed by atoms with Crippen molar-refractivity contribution in [2.75, 3.05) is 33.9 Å². The van der Waals surface area contributed by atoms with E-state index < -0.39 is 41.1 Å². The molecule has 0 unspecified atom stereocenters. The number of hydrogen-bond acceptors (Lipinski definition) is 18. The number of pyridine rings is 2. The maximum atomic E-state index is 14.1. The standard InChI is InChI=1S/C37H45N3O6S.C35H41N3O6S.Li.H2O/c1-5-45-36(43)37-19-24(37)12-10-8-6-7-9-11-13-34(42)40-21-26(17-31(40)32(41)20-37)46-33-18-29(35-39-30(22-47-35)23(2)3)38-28-16-25(44-4)14-15-27(28)33;1-21(2)28-20-45-33(37-28)27-16-31(25-13-12-23(43-3)14-26(25)36-27)44-24-15-29-30(39)18-35(34(41)42)17-22(35)10-8-6-4-5-7-9-11-32(40)38(29)19-24;;/h10,12,14-16,18,22-24,26,31H,5-9,11,13,17,19-21H2,1-4H3;8,10,12-14,16,20-22,24,29H,4-7,9,11,15,17-19H2,1-3H3,(H,41,42);;1H2/q;;+1;/p-1/b12-10-;10-8-;;/t24-,26-,31+,37-;22-,24-,29+,35-;;/m11../s1. The molecule has 2 aromatic carbocycles. The topological polar surface area (TPSA) is 257 Å². The van der Waals surface area contributed by atoms with Crippen molar-refractivity contribution in [2.45, 2.75) is 186 Å². The first kappa shape index (κ1) is 71.3. The Morgan fingerprint density at radius 2 is 1.05 bits per heavy atom. The summed E-state index contributed by atoms with van der Waals surface area (Å²) in [4.78, 5) is 103. The fourth-order valence-corrected chi connectivity index (χ4v) is 15.5. The van der Waals surface area contributed by atoms with Crippen LogP contribution in [-0.4, -0.2) is 134 Å². The summed E-state index contributed by atoms with van der Waals surface area (Å²) >= 11 is 3.07. The summed E-state index contributed by atoms with van der Waals surface area (Å²) in [5.41, 5.74) is 2.85. The van der Waals surface area contributed by atoms with Gasteiger partial charge in [0.05, 0.1) is 79.3 Å². The van der Waals surface area contributed by atoms with Crippen molar-refractivity contribution in [1.29, 1.82) is 0 Å². The summed E-state index contributed by atoms with van der Waals surface area (Å²) in [6, 6.07) is 13.7. The molecule has 4 fully saturated rings. The number of nitrogens with zero attached hydrogens (tertiary/aromatic N) is 6. The van der Waals surface area contributed by atoms with Gasteiger partial charge in [-0.3, -0.25) is 28.8 Å². The fraction of sp³-hybridized carbons (Fsp3) is 0.528. The Kier molecular flexibility index (Phi) is 23.7. The Morgan fingerprint density at radius 3 is 1.48 bits per heavy atom. The van der Waals surface area contributed by atoms with Gasteiger partial charge in [0.2, 0.25) is 11.8 Å². The molecule has 2 saturated carbocycles. The molecule has 4 aromatic heterocycles. The number of carbonyl (C=O) groups is 6. The number of aliphatic carboxylic acids is 1. The maximum Gasteiger partial charge on any atom is 1.00 e. The predicted molar refractivity (Wildman–Crippen MR) is 356 cm³/mol. The number of esters is 1. The molecule has 8 heterocycles. The third kappa shape index (κ3) is 15.9. The Hall–Kier alpha value is -7.02. The van der Waals surface area contributed by atoms with Crippen LogP contribution in [0, 0.1) is 22.7 Å². The molecular formula is C72H87LiN6O13S2. The van der Waals surface area contributed by atoms with E-state index in [1.165, 1.54) is 11.3 Å². The molecule has 2 N–H and O–H groups in total. The number of aromatic nitrogens is 4. The third-order valence-electron chi connectivity index (χ3n) is 19.2. The first-order chi connectivity index (χ1) is 44.4. The van der Waals surface area contributed by atoms with Crippen molar-refractivity contribution >= 4 is 79.8 Å². The molecule has 19 nitrogen and oxygen atoms in total. The molecule has 8 atom stereocenters. The van der Waals surface area contributed by atoms with Gasteiger partial charge >= 0.3 is 30.8 Å². The van der Waals surface area contributed by atoms with Gasteiger partial charge in [0.15, 0.2) is 11.6 Å². The number of allylic oxidation sites excluding steroid dienone is 4. The van der Waals surface area contributed by atoms with Crippen molar-refractivity contribution in [1.82, 2.24) is 29.7 Å². The monoisotopic (exact) mass is 1310 g/mol. The molecule has 12 rings (SSSR count). The van der Waals surface area contributed by atoms with Gasteiger partial charge in [0.1, 0.15) is 56.6 Å². The van der Waals surface area contributed by atoms with Gasteiger partial charge in [-0.1, -0.05) is 77.7 Å². The van der Waals surface area contributed by atoms with Crippen molar-refractivity contribution in [3.63, 3.8) is 0 Å². The van der Waals surface area contributed by atoms with E-state index in [1.807, 2.05) is 60.0 Å². The smallest absolute Gasteiger partial charge is 0.870 e. The Labute approximate surface area is 570 Å². The minimum atomic E-state index is -1.08. The summed E-state index contributed by atoms with van der Waals surface area (Å²) in [6.45, 7) is 11.0. The number of carboxylic acids is 1. The van der Waals surface area contributed by atoms with Crippen LogP contribution in [0.25, 0.3) is 43.2 Å². The number of thiazole rings is 2. The number of amides is 2. The van der Waals surface area contributed by atoms with Crippen LogP contribution < -0.4 is 37.8 Å². The largest absolute Gasteiger partial charge is 1.00 e. The SMILES string of the molecule is CCOC(=O)[C@]12CC(=O)[C@@H]3C[C@@H](Oc4cc(-c5nc(C(C)C)cs5)nc5cc(OC)ccc45)CN3C(=O)CCCCCC/C=C\[C@@H]1C2.COc1ccc2c(O[C@@H]3C[C@H]4C(=O)C[C@]5(C(=O)O)C[C@H]5/C=C\CCCCCCC(=O)N4C3)cc(-c3nc(C(C)C)cs3)nc2c1.[Li+].[OH-]. The number of benzene rings is 2. The van der Waals surface area contributed by atoms with Crippen LogP contribution in [-0.2, 0) is 33.5 Å². The summed E-state index contributed by atoms with van der Waals surface area (Å²) in [6.07, 6.45) is 19.3. The van der Waals surface area contributed by atoms with Crippen molar-refractivity contribution < 1.29 is 81.9 Å². The van der Waals surface area contributed by atoms with E-state index >= 15 is 0 Å². The predicted octanol–water partition coefficient (Wildman–Crippen LogP) is 10.9. The second-order valence-corrected chi connectivity index (χ2v) is 28.0.